The highest BCUT2D eigenvalue weighted by Crippen LogP contribution is 2.31. The number of carbonyl (C=O) groups is 1. The van der Waals surface area contributed by atoms with Gasteiger partial charge < -0.3 is 9.88 Å². The molecule has 1 atom stereocenters. The summed E-state index contributed by atoms with van der Waals surface area (Å²) in [5, 5.41) is 1.72. The molecule has 2 aromatic rings. The van der Waals surface area contributed by atoms with Crippen LogP contribution in [0.2, 0.25) is 0 Å². The fourth-order valence-electron chi connectivity index (χ4n) is 2.56. The summed E-state index contributed by atoms with van der Waals surface area (Å²) >= 11 is 1.19. The summed E-state index contributed by atoms with van der Waals surface area (Å²) in [6.45, 7) is 0.931. The van der Waals surface area contributed by atoms with E-state index in [0.717, 1.165) is 12.6 Å². The standard InChI is InChI=1S/C13H13F3N4OS/c14-13(15,16)10-6-17-11(18-10)8-2-1-4-20(7-8)12(21)9-3-5-22-19-9/h3,5-6,8H,1-2,4,7H2,(H,17,18). The minimum absolute atomic E-state index is 0.187. The molecule has 9 heteroatoms. The van der Waals surface area contributed by atoms with E-state index in [1.54, 1.807) is 16.3 Å². The molecule has 1 saturated heterocycles. The van der Waals surface area contributed by atoms with Crippen molar-refractivity contribution in [3.05, 3.63) is 34.9 Å². The highest BCUT2D eigenvalue weighted by molar-refractivity contribution is 7.03. The van der Waals surface area contributed by atoms with E-state index in [4.69, 9.17) is 0 Å². The molecule has 3 rings (SSSR count). The van der Waals surface area contributed by atoms with Crippen molar-refractivity contribution >= 4 is 17.4 Å². The first kappa shape index (κ1) is 15.0. The van der Waals surface area contributed by atoms with Crippen molar-refractivity contribution in [1.29, 1.82) is 0 Å². The van der Waals surface area contributed by atoms with Gasteiger partial charge in [0, 0.05) is 24.4 Å². The third kappa shape index (κ3) is 2.99. The molecule has 1 fully saturated rings. The van der Waals surface area contributed by atoms with E-state index in [0.29, 0.717) is 25.2 Å². The van der Waals surface area contributed by atoms with Gasteiger partial charge in [0.1, 0.15) is 17.2 Å². The Balaban J connectivity index is 1.73. The third-order valence-corrected chi connectivity index (χ3v) is 4.21. The number of alkyl halides is 3. The van der Waals surface area contributed by atoms with Gasteiger partial charge in [0.2, 0.25) is 0 Å². The van der Waals surface area contributed by atoms with E-state index in [1.165, 1.54) is 11.5 Å². The molecule has 0 aliphatic carbocycles. The molecule has 3 heterocycles. The van der Waals surface area contributed by atoms with E-state index >= 15 is 0 Å². The summed E-state index contributed by atoms with van der Waals surface area (Å²) in [7, 11) is 0. The molecule has 0 spiro atoms. The molecule has 1 aliphatic heterocycles. The smallest absolute Gasteiger partial charge is 0.338 e. The number of amides is 1. The molecule has 0 aromatic carbocycles. The van der Waals surface area contributed by atoms with E-state index in [2.05, 4.69) is 14.3 Å². The molecule has 0 radical (unpaired) electrons. The molecule has 1 amide bonds. The summed E-state index contributed by atoms with van der Waals surface area (Å²) < 4.78 is 41.9. The zero-order valence-corrected chi connectivity index (χ0v) is 12.2. The number of aromatic nitrogens is 3. The molecular formula is C13H13F3N4OS. The molecule has 22 heavy (non-hydrogen) atoms. The summed E-state index contributed by atoms with van der Waals surface area (Å²) in [6, 6.07) is 1.64. The van der Waals surface area contributed by atoms with Gasteiger partial charge in [0.05, 0.1) is 6.20 Å². The molecule has 5 nitrogen and oxygen atoms in total. The van der Waals surface area contributed by atoms with Gasteiger partial charge in [-0.3, -0.25) is 4.79 Å². The summed E-state index contributed by atoms with van der Waals surface area (Å²) in [6.07, 6.45) is -2.21. The van der Waals surface area contributed by atoms with Crippen molar-refractivity contribution in [3.8, 4) is 0 Å². The number of halogens is 3. The maximum Gasteiger partial charge on any atom is 0.432 e. The SMILES string of the molecule is O=C(c1ccsn1)N1CCCC(c2ncc(C(F)(F)F)[nH]2)C1. The minimum Gasteiger partial charge on any atom is -0.338 e. The predicted molar refractivity (Wildman–Crippen MR) is 73.6 cm³/mol. The zero-order valence-electron chi connectivity index (χ0n) is 11.4. The Morgan fingerprint density at radius 1 is 1.45 bits per heavy atom. The first-order chi connectivity index (χ1) is 10.4. The third-order valence-electron chi connectivity index (χ3n) is 3.65. The average Bonchev–Trinajstić information content (AvgIpc) is 3.17. The normalized spacial score (nSPS) is 19.4. The fraction of sp³-hybridized carbons (Fsp3) is 0.462. The van der Waals surface area contributed by atoms with E-state index in [1.807, 2.05) is 0 Å². The Labute approximate surface area is 128 Å². The van der Waals surface area contributed by atoms with Gasteiger partial charge in [-0.25, -0.2) is 4.98 Å². The number of H-pyrrole nitrogens is 1. The lowest BCUT2D eigenvalue weighted by molar-refractivity contribution is -0.141. The van der Waals surface area contributed by atoms with Crippen LogP contribution < -0.4 is 0 Å². The van der Waals surface area contributed by atoms with E-state index in [9.17, 15) is 18.0 Å². The quantitative estimate of drug-likeness (QED) is 0.921. The number of rotatable bonds is 2. The maximum absolute atomic E-state index is 12.6. The number of likely N-dealkylation sites (tertiary alicyclic amines) is 1. The predicted octanol–water partition coefficient (Wildman–Crippen LogP) is 2.90. The second kappa shape index (κ2) is 5.71. The van der Waals surface area contributed by atoms with Gasteiger partial charge in [0.25, 0.3) is 5.91 Å². The molecule has 118 valence electrons. The van der Waals surface area contributed by atoms with Crippen molar-refractivity contribution in [1.82, 2.24) is 19.2 Å². The van der Waals surface area contributed by atoms with Crippen LogP contribution in [0.4, 0.5) is 13.2 Å². The van der Waals surface area contributed by atoms with Gasteiger partial charge in [-0.2, -0.15) is 17.5 Å². The Kier molecular flexibility index (Phi) is 3.90. The summed E-state index contributed by atoms with van der Waals surface area (Å²) in [5.41, 5.74) is -0.480. The van der Waals surface area contributed by atoms with Gasteiger partial charge in [-0.1, -0.05) is 0 Å². The van der Waals surface area contributed by atoms with Crippen LogP contribution in [0.25, 0.3) is 0 Å². The van der Waals surface area contributed by atoms with Crippen LogP contribution in [0.15, 0.2) is 17.6 Å². The van der Waals surface area contributed by atoms with Crippen LogP contribution in [0.1, 0.15) is 40.8 Å². The lowest BCUT2D eigenvalue weighted by Crippen LogP contribution is -2.39. The van der Waals surface area contributed by atoms with Gasteiger partial charge in [-0.05, 0) is 30.4 Å². The highest BCUT2D eigenvalue weighted by atomic mass is 32.1. The van der Waals surface area contributed by atoms with Crippen LogP contribution in [0.3, 0.4) is 0 Å². The Morgan fingerprint density at radius 2 is 2.27 bits per heavy atom. The molecular weight excluding hydrogens is 317 g/mol. The fourth-order valence-corrected chi connectivity index (χ4v) is 3.06. The average molecular weight is 330 g/mol. The highest BCUT2D eigenvalue weighted by Gasteiger charge is 2.35. The monoisotopic (exact) mass is 330 g/mol. The summed E-state index contributed by atoms with van der Waals surface area (Å²) in [5.74, 6) is -0.121. The Morgan fingerprint density at radius 3 is 2.91 bits per heavy atom. The second-order valence-corrected chi connectivity index (χ2v) is 5.82. The maximum atomic E-state index is 12.6. The van der Waals surface area contributed by atoms with Crippen LogP contribution in [0, 0.1) is 0 Å². The molecule has 2 aromatic heterocycles. The lowest BCUT2D eigenvalue weighted by atomic mass is 9.97. The van der Waals surface area contributed by atoms with E-state index < -0.39 is 11.9 Å². The van der Waals surface area contributed by atoms with Crippen LogP contribution in [-0.2, 0) is 6.18 Å². The van der Waals surface area contributed by atoms with Crippen LogP contribution >= 0.6 is 11.5 Å². The van der Waals surface area contributed by atoms with Crippen molar-refractivity contribution in [2.75, 3.05) is 13.1 Å². The largest absolute Gasteiger partial charge is 0.432 e. The van der Waals surface area contributed by atoms with Crippen LogP contribution in [-0.4, -0.2) is 38.2 Å². The van der Waals surface area contributed by atoms with E-state index in [-0.39, 0.29) is 17.6 Å². The second-order valence-electron chi connectivity index (χ2n) is 5.15. The lowest BCUT2D eigenvalue weighted by Gasteiger charge is -2.31. The van der Waals surface area contributed by atoms with Crippen molar-refractivity contribution < 1.29 is 18.0 Å². The first-order valence-corrected chi connectivity index (χ1v) is 7.60. The number of aromatic amines is 1. The number of carbonyl (C=O) groups excluding carboxylic acids is 1. The molecule has 1 aliphatic rings. The zero-order chi connectivity index (χ0) is 15.7. The number of piperidine rings is 1. The summed E-state index contributed by atoms with van der Waals surface area (Å²) in [4.78, 5) is 20.1. The number of hydrogen-bond donors (Lipinski definition) is 1. The molecule has 1 N–H and O–H groups in total. The number of imidazole rings is 1. The van der Waals surface area contributed by atoms with Crippen LogP contribution in [0.5, 0.6) is 0 Å². The Hall–Kier alpha value is -1.90. The molecule has 0 saturated carbocycles. The minimum atomic E-state index is -4.43. The van der Waals surface area contributed by atoms with Gasteiger partial charge in [-0.15, -0.1) is 0 Å². The number of hydrogen-bond acceptors (Lipinski definition) is 4. The van der Waals surface area contributed by atoms with Crippen molar-refractivity contribution in [3.63, 3.8) is 0 Å². The molecule has 0 bridgehead atoms. The first-order valence-electron chi connectivity index (χ1n) is 6.77. The topological polar surface area (TPSA) is 61.9 Å². The van der Waals surface area contributed by atoms with Crippen molar-refractivity contribution in [2.24, 2.45) is 0 Å². The molecule has 1 unspecified atom stereocenters. The van der Waals surface area contributed by atoms with Gasteiger partial charge in [0.15, 0.2) is 0 Å². The van der Waals surface area contributed by atoms with Gasteiger partial charge >= 0.3 is 6.18 Å². The Bertz CT molecular complexity index is 653. The number of nitrogens with zero attached hydrogens (tertiary/aromatic N) is 3. The van der Waals surface area contributed by atoms with Crippen molar-refractivity contribution in [2.45, 2.75) is 24.9 Å². The number of nitrogens with one attached hydrogen (secondary N) is 1.